The molecule has 3 aromatic rings. The van der Waals surface area contributed by atoms with E-state index in [-0.39, 0.29) is 30.3 Å². The van der Waals surface area contributed by atoms with Gasteiger partial charge in [-0.15, -0.1) is 11.3 Å². The Bertz CT molecular complexity index is 978. The zero-order chi connectivity index (χ0) is 18.8. The highest BCUT2D eigenvalue weighted by Crippen LogP contribution is 2.30. The van der Waals surface area contributed by atoms with Gasteiger partial charge in [-0.1, -0.05) is 0 Å². The molecule has 0 radical (unpaired) electrons. The second kappa shape index (κ2) is 7.52. The van der Waals surface area contributed by atoms with E-state index < -0.39 is 5.82 Å². The van der Waals surface area contributed by atoms with Gasteiger partial charge in [0.05, 0.1) is 16.3 Å². The Morgan fingerprint density at radius 1 is 1.22 bits per heavy atom. The number of nitrogen functional groups attached to an aromatic ring is 1. The van der Waals surface area contributed by atoms with Crippen molar-refractivity contribution in [3.63, 3.8) is 0 Å². The number of aryl methyl sites for hydroxylation is 3. The van der Waals surface area contributed by atoms with Gasteiger partial charge in [0, 0.05) is 29.3 Å². The van der Waals surface area contributed by atoms with Gasteiger partial charge >= 0.3 is 0 Å². The van der Waals surface area contributed by atoms with E-state index in [4.69, 9.17) is 5.73 Å². The minimum atomic E-state index is -0.442. The molecule has 0 bridgehead atoms. The summed E-state index contributed by atoms with van der Waals surface area (Å²) < 4.78 is 14.4. The third kappa shape index (κ3) is 3.88. The molecule has 0 spiro atoms. The number of nitrogens with two attached hydrogens (primary N) is 1. The van der Waals surface area contributed by atoms with E-state index in [9.17, 15) is 9.18 Å². The molecule has 0 atom stereocenters. The molecule has 1 aliphatic carbocycles. The Hall–Kier alpha value is -2.67. The standard InChI is InChI=1S/C20H19FN4OS/c21-14-9-13(15-7-8-23-20(22)25-15)11-24-16(14)5-6-17(26)19-10-12-3-1-2-4-18(12)27-19/h7-11H,1-6H2,(H2,22,23,25). The first-order valence-corrected chi connectivity index (χ1v) is 9.80. The maximum atomic E-state index is 14.4. The summed E-state index contributed by atoms with van der Waals surface area (Å²) in [6.45, 7) is 0. The summed E-state index contributed by atoms with van der Waals surface area (Å²) in [5.41, 5.74) is 8.21. The van der Waals surface area contributed by atoms with Crippen LogP contribution in [-0.2, 0) is 19.3 Å². The summed E-state index contributed by atoms with van der Waals surface area (Å²) in [5.74, 6) is -0.257. The third-order valence-corrected chi connectivity index (χ3v) is 6.03. The van der Waals surface area contributed by atoms with Crippen molar-refractivity contribution in [1.82, 2.24) is 15.0 Å². The molecule has 2 N–H and O–H groups in total. The number of carbonyl (C=O) groups is 1. The van der Waals surface area contributed by atoms with Crippen molar-refractivity contribution in [3.05, 3.63) is 57.4 Å². The molecule has 0 aromatic carbocycles. The predicted octanol–water partition coefficient (Wildman–Crippen LogP) is 4.02. The molecule has 1 aliphatic rings. The zero-order valence-electron chi connectivity index (χ0n) is 14.7. The second-order valence-electron chi connectivity index (χ2n) is 6.64. The van der Waals surface area contributed by atoms with Crippen molar-refractivity contribution >= 4 is 23.1 Å². The molecule has 7 heteroatoms. The van der Waals surface area contributed by atoms with Crippen LogP contribution >= 0.6 is 11.3 Å². The topological polar surface area (TPSA) is 81.8 Å². The molecule has 0 amide bonds. The lowest BCUT2D eigenvalue weighted by molar-refractivity contribution is 0.0986. The normalized spacial score (nSPS) is 13.4. The minimum absolute atomic E-state index is 0.0586. The number of hydrogen-bond acceptors (Lipinski definition) is 6. The summed E-state index contributed by atoms with van der Waals surface area (Å²) >= 11 is 1.59. The van der Waals surface area contributed by atoms with Crippen molar-refractivity contribution < 1.29 is 9.18 Å². The fourth-order valence-corrected chi connectivity index (χ4v) is 4.53. The first-order chi connectivity index (χ1) is 13.1. The highest BCUT2D eigenvalue weighted by Gasteiger charge is 2.18. The molecule has 3 aromatic heterocycles. The lowest BCUT2D eigenvalue weighted by atomic mass is 9.99. The minimum Gasteiger partial charge on any atom is -0.368 e. The van der Waals surface area contributed by atoms with Gasteiger partial charge in [-0.25, -0.2) is 14.4 Å². The fraction of sp³-hybridized carbons (Fsp3) is 0.300. The van der Waals surface area contributed by atoms with Gasteiger partial charge in [-0.3, -0.25) is 9.78 Å². The van der Waals surface area contributed by atoms with E-state index in [0.29, 0.717) is 11.3 Å². The lowest BCUT2D eigenvalue weighted by Crippen LogP contribution is -2.03. The van der Waals surface area contributed by atoms with E-state index in [2.05, 4.69) is 15.0 Å². The molecule has 4 rings (SSSR count). The number of halogens is 1. The number of Topliss-reactive ketones (excluding diaryl/α,β-unsaturated/α-hetero) is 1. The number of nitrogens with zero attached hydrogens (tertiary/aromatic N) is 3. The number of pyridine rings is 1. The van der Waals surface area contributed by atoms with E-state index >= 15 is 0 Å². The first kappa shape index (κ1) is 17.7. The number of fused-ring (bicyclic) bond motifs is 1. The summed E-state index contributed by atoms with van der Waals surface area (Å²) in [6.07, 6.45) is 8.11. The largest absolute Gasteiger partial charge is 0.368 e. The Morgan fingerprint density at radius 3 is 2.85 bits per heavy atom. The van der Waals surface area contributed by atoms with Crippen molar-refractivity contribution in [2.75, 3.05) is 5.73 Å². The Kier molecular flexibility index (Phi) is 4.94. The number of carbonyl (C=O) groups excluding carboxylic acids is 1. The van der Waals surface area contributed by atoms with Gasteiger partial charge in [-0.05, 0) is 55.9 Å². The van der Waals surface area contributed by atoms with Gasteiger partial charge < -0.3 is 5.73 Å². The second-order valence-corrected chi connectivity index (χ2v) is 7.78. The Morgan fingerprint density at radius 2 is 2.07 bits per heavy atom. The average molecular weight is 382 g/mol. The molecular weight excluding hydrogens is 363 g/mol. The van der Waals surface area contributed by atoms with Gasteiger partial charge in [0.2, 0.25) is 5.95 Å². The molecular formula is C20H19FN4OS. The number of aromatic nitrogens is 3. The number of hydrogen-bond donors (Lipinski definition) is 1. The Labute approximate surface area is 160 Å². The van der Waals surface area contributed by atoms with E-state index in [1.54, 1.807) is 23.6 Å². The average Bonchev–Trinajstić information content (AvgIpc) is 3.11. The fourth-order valence-electron chi connectivity index (χ4n) is 3.31. The number of rotatable bonds is 5. The van der Waals surface area contributed by atoms with Crippen LogP contribution in [0.4, 0.5) is 10.3 Å². The van der Waals surface area contributed by atoms with E-state index in [1.807, 2.05) is 6.07 Å². The maximum absolute atomic E-state index is 14.4. The molecule has 0 saturated carbocycles. The number of ketones is 1. The highest BCUT2D eigenvalue weighted by atomic mass is 32.1. The van der Waals surface area contributed by atoms with Crippen LogP contribution < -0.4 is 5.73 Å². The summed E-state index contributed by atoms with van der Waals surface area (Å²) in [7, 11) is 0. The van der Waals surface area contributed by atoms with Crippen molar-refractivity contribution in [2.45, 2.75) is 38.5 Å². The SMILES string of the molecule is Nc1nccc(-c2cnc(CCC(=O)c3cc4c(s3)CCCC4)c(F)c2)n1. The number of anilines is 1. The molecule has 0 fully saturated rings. The quantitative estimate of drug-likeness (QED) is 0.674. The monoisotopic (exact) mass is 382 g/mol. The smallest absolute Gasteiger partial charge is 0.220 e. The number of thiophene rings is 1. The summed E-state index contributed by atoms with van der Waals surface area (Å²) in [6, 6.07) is 5.04. The first-order valence-electron chi connectivity index (χ1n) is 8.98. The van der Waals surface area contributed by atoms with Gasteiger partial charge in [0.15, 0.2) is 5.78 Å². The van der Waals surface area contributed by atoms with Crippen LogP contribution in [0.3, 0.4) is 0 Å². The van der Waals surface area contributed by atoms with Crippen LogP contribution in [0.2, 0.25) is 0 Å². The van der Waals surface area contributed by atoms with Crippen LogP contribution in [0.25, 0.3) is 11.3 Å². The van der Waals surface area contributed by atoms with Crippen molar-refractivity contribution in [1.29, 1.82) is 0 Å². The van der Waals surface area contributed by atoms with Gasteiger partial charge in [-0.2, -0.15) is 0 Å². The molecule has 0 saturated heterocycles. The van der Waals surface area contributed by atoms with Crippen LogP contribution in [0.15, 0.2) is 30.6 Å². The summed E-state index contributed by atoms with van der Waals surface area (Å²) in [4.78, 5) is 26.7. The predicted molar refractivity (Wildman–Crippen MR) is 103 cm³/mol. The molecule has 138 valence electrons. The van der Waals surface area contributed by atoms with Crippen LogP contribution in [0.5, 0.6) is 0 Å². The van der Waals surface area contributed by atoms with Crippen molar-refractivity contribution in [2.24, 2.45) is 0 Å². The lowest BCUT2D eigenvalue weighted by Gasteiger charge is -2.08. The van der Waals surface area contributed by atoms with Crippen LogP contribution in [0.1, 0.15) is 45.1 Å². The molecule has 0 aliphatic heterocycles. The summed E-state index contributed by atoms with van der Waals surface area (Å²) in [5, 5.41) is 0. The van der Waals surface area contributed by atoms with Crippen molar-refractivity contribution in [3.8, 4) is 11.3 Å². The molecule has 5 nitrogen and oxygen atoms in total. The highest BCUT2D eigenvalue weighted by molar-refractivity contribution is 7.14. The zero-order valence-corrected chi connectivity index (χ0v) is 15.6. The van der Waals surface area contributed by atoms with Gasteiger partial charge in [0.25, 0.3) is 0 Å². The molecule has 0 unspecified atom stereocenters. The Balaban J connectivity index is 1.45. The molecule has 27 heavy (non-hydrogen) atoms. The van der Waals surface area contributed by atoms with E-state index in [1.165, 1.54) is 35.5 Å². The maximum Gasteiger partial charge on any atom is 0.220 e. The van der Waals surface area contributed by atoms with Crippen LogP contribution in [-0.4, -0.2) is 20.7 Å². The third-order valence-electron chi connectivity index (χ3n) is 4.75. The molecule has 3 heterocycles. The van der Waals surface area contributed by atoms with Gasteiger partial charge in [0.1, 0.15) is 5.82 Å². The van der Waals surface area contributed by atoms with E-state index in [0.717, 1.165) is 17.7 Å². The van der Waals surface area contributed by atoms with Crippen LogP contribution in [0, 0.1) is 5.82 Å².